The van der Waals surface area contributed by atoms with Gasteiger partial charge in [-0.1, -0.05) is 55.5 Å². The Morgan fingerprint density at radius 1 is 1.22 bits per heavy atom. The summed E-state index contributed by atoms with van der Waals surface area (Å²) in [5.41, 5.74) is 4.51. The molecule has 23 heavy (non-hydrogen) atoms. The molecule has 0 aromatic heterocycles. The van der Waals surface area contributed by atoms with Crippen molar-refractivity contribution in [1.82, 2.24) is 5.32 Å². The number of carbonyl (C=O) groups is 1. The molecule has 0 heterocycles. The van der Waals surface area contributed by atoms with Crippen molar-refractivity contribution in [3.8, 4) is 11.1 Å². The van der Waals surface area contributed by atoms with E-state index >= 15 is 0 Å². The summed E-state index contributed by atoms with van der Waals surface area (Å²) in [6.07, 6.45) is -0.472. The van der Waals surface area contributed by atoms with Gasteiger partial charge < -0.3 is 15.2 Å². The predicted octanol–water partition coefficient (Wildman–Crippen LogP) is 3.30. The van der Waals surface area contributed by atoms with Crippen molar-refractivity contribution in [2.45, 2.75) is 25.3 Å². The first kappa shape index (κ1) is 13.1. The summed E-state index contributed by atoms with van der Waals surface area (Å²) < 4.78 is 20.0. The molecule has 2 N–H and O–H groups in total. The monoisotopic (exact) mass is 313 g/mol. The van der Waals surface area contributed by atoms with Crippen LogP contribution in [0, 0.1) is 0 Å². The second kappa shape index (κ2) is 6.84. The first-order valence-corrected chi connectivity index (χ1v) is 7.75. The molecule has 0 fully saturated rings. The van der Waals surface area contributed by atoms with Crippen molar-refractivity contribution in [3.05, 3.63) is 59.7 Å². The largest absolute Gasteiger partial charge is 0.449 e. The number of aliphatic hydroxyl groups is 1. The standard InChI is InChI=1S/C19H21NO3/c1-2-13(11-21)20-19(22)23-12-18-16-9-5-3-7-14(16)15-8-4-6-10-17(15)18/h3-10,13,18,21H,2,11-12H2,1H3,(H,20,22)/t13-/m0/s1/i11D2. The minimum absolute atomic E-state index is 0.0517. The molecule has 2 aromatic carbocycles. The first-order valence-electron chi connectivity index (χ1n) is 8.75. The van der Waals surface area contributed by atoms with E-state index in [1.54, 1.807) is 6.92 Å². The van der Waals surface area contributed by atoms with Crippen LogP contribution in [0.25, 0.3) is 11.1 Å². The first-order chi connectivity index (χ1) is 11.9. The summed E-state index contributed by atoms with van der Waals surface area (Å²) in [4.78, 5) is 12.0. The van der Waals surface area contributed by atoms with Crippen molar-refractivity contribution in [3.63, 3.8) is 0 Å². The van der Waals surface area contributed by atoms with Gasteiger partial charge in [0.1, 0.15) is 6.61 Å². The SMILES string of the molecule is [2H]C([2H])(O)[C@H](CC)NC(=O)OCC1c2ccccc2-c2ccccc21. The molecular weight excluding hydrogens is 290 g/mol. The molecule has 4 nitrogen and oxygen atoms in total. The molecule has 0 bridgehead atoms. The fraction of sp³-hybridized carbons (Fsp3) is 0.316. The fourth-order valence-electron chi connectivity index (χ4n) is 3.01. The molecule has 0 radical (unpaired) electrons. The van der Waals surface area contributed by atoms with Gasteiger partial charge in [0, 0.05) is 5.92 Å². The lowest BCUT2D eigenvalue weighted by Crippen LogP contribution is -2.37. The van der Waals surface area contributed by atoms with E-state index in [-0.39, 0.29) is 18.9 Å². The van der Waals surface area contributed by atoms with Gasteiger partial charge in [-0.05, 0) is 28.7 Å². The van der Waals surface area contributed by atoms with Crippen LogP contribution in [-0.4, -0.2) is 30.4 Å². The minimum atomic E-state index is -2.49. The van der Waals surface area contributed by atoms with Crippen LogP contribution in [0.4, 0.5) is 4.79 Å². The van der Waals surface area contributed by atoms with E-state index in [1.807, 2.05) is 36.4 Å². The van der Waals surface area contributed by atoms with Gasteiger partial charge in [0.05, 0.1) is 15.3 Å². The van der Waals surface area contributed by atoms with Crippen LogP contribution in [0.2, 0.25) is 0 Å². The maximum absolute atomic E-state index is 12.0. The number of rotatable bonds is 5. The normalized spacial score (nSPS) is 15.9. The third-order valence-corrected chi connectivity index (χ3v) is 4.20. The van der Waals surface area contributed by atoms with Gasteiger partial charge in [0.25, 0.3) is 0 Å². The predicted molar refractivity (Wildman–Crippen MR) is 89.4 cm³/mol. The molecule has 0 spiro atoms. The highest BCUT2D eigenvalue weighted by atomic mass is 16.5. The van der Waals surface area contributed by atoms with E-state index in [0.717, 1.165) is 22.3 Å². The number of carbonyl (C=O) groups excluding carboxylic acids is 1. The number of hydrogen-bond donors (Lipinski definition) is 2. The third-order valence-electron chi connectivity index (χ3n) is 4.20. The van der Waals surface area contributed by atoms with E-state index in [2.05, 4.69) is 17.4 Å². The van der Waals surface area contributed by atoms with Gasteiger partial charge in [-0.25, -0.2) is 4.79 Å². The van der Waals surface area contributed by atoms with Gasteiger partial charge in [-0.15, -0.1) is 0 Å². The van der Waals surface area contributed by atoms with Crippen LogP contribution in [0.3, 0.4) is 0 Å². The maximum Gasteiger partial charge on any atom is 0.407 e. The van der Waals surface area contributed by atoms with E-state index in [0.29, 0.717) is 0 Å². The Kier molecular flexibility index (Phi) is 3.91. The summed E-state index contributed by atoms with van der Waals surface area (Å²) in [6, 6.07) is 15.1. The highest BCUT2D eigenvalue weighted by molar-refractivity contribution is 5.79. The molecule has 3 rings (SSSR count). The van der Waals surface area contributed by atoms with Crippen LogP contribution in [0.1, 0.15) is 33.1 Å². The molecule has 4 heteroatoms. The van der Waals surface area contributed by atoms with Crippen molar-refractivity contribution in [2.24, 2.45) is 0 Å². The zero-order valence-corrected chi connectivity index (χ0v) is 13.0. The molecule has 0 aliphatic heterocycles. The number of nitrogens with one attached hydrogen (secondary N) is 1. The van der Waals surface area contributed by atoms with Crippen LogP contribution >= 0.6 is 0 Å². The number of amides is 1. The minimum Gasteiger partial charge on any atom is -0.449 e. The van der Waals surface area contributed by atoms with Crippen LogP contribution in [0.15, 0.2) is 48.5 Å². The summed E-state index contributed by atoms with van der Waals surface area (Å²) in [7, 11) is 0. The van der Waals surface area contributed by atoms with Gasteiger partial charge in [-0.3, -0.25) is 0 Å². The molecule has 1 atom stereocenters. The molecule has 0 unspecified atom stereocenters. The van der Waals surface area contributed by atoms with Crippen molar-refractivity contribution in [2.75, 3.05) is 13.2 Å². The lowest BCUT2D eigenvalue weighted by atomic mass is 9.98. The molecule has 0 saturated carbocycles. The van der Waals surface area contributed by atoms with Crippen LogP contribution in [0.5, 0.6) is 0 Å². The molecule has 1 amide bonds. The molecule has 1 aliphatic carbocycles. The van der Waals surface area contributed by atoms with Gasteiger partial charge in [-0.2, -0.15) is 0 Å². The van der Waals surface area contributed by atoms with Gasteiger partial charge >= 0.3 is 6.09 Å². The second-order valence-corrected chi connectivity index (χ2v) is 5.56. The summed E-state index contributed by atoms with van der Waals surface area (Å²) in [6.45, 7) is -0.645. The average Bonchev–Trinajstić information content (AvgIpc) is 2.91. The summed E-state index contributed by atoms with van der Waals surface area (Å²) in [5, 5.41) is 11.8. The fourth-order valence-corrected chi connectivity index (χ4v) is 3.01. The van der Waals surface area contributed by atoms with Gasteiger partial charge in [0.2, 0.25) is 0 Å². The summed E-state index contributed by atoms with van der Waals surface area (Å²) in [5.74, 6) is -0.0517. The average molecular weight is 313 g/mol. The van der Waals surface area contributed by atoms with Gasteiger partial charge in [0.15, 0.2) is 0 Å². The lowest BCUT2D eigenvalue weighted by molar-refractivity contribution is 0.132. The van der Waals surface area contributed by atoms with E-state index in [4.69, 9.17) is 7.48 Å². The Balaban J connectivity index is 1.72. The zero-order chi connectivity index (χ0) is 18.0. The molecule has 120 valence electrons. The zero-order valence-electron chi connectivity index (χ0n) is 15.0. The van der Waals surface area contributed by atoms with Crippen LogP contribution < -0.4 is 5.32 Å². The Morgan fingerprint density at radius 2 is 1.78 bits per heavy atom. The Hall–Kier alpha value is -2.33. The maximum atomic E-state index is 12.0. The number of fused-ring (bicyclic) bond motifs is 3. The number of ether oxygens (including phenoxy) is 1. The summed E-state index contributed by atoms with van der Waals surface area (Å²) >= 11 is 0. The molecule has 2 aromatic rings. The second-order valence-electron chi connectivity index (χ2n) is 5.56. The highest BCUT2D eigenvalue weighted by Gasteiger charge is 2.29. The Labute approximate surface area is 138 Å². The topological polar surface area (TPSA) is 58.6 Å². The number of benzene rings is 2. The number of hydrogen-bond acceptors (Lipinski definition) is 3. The smallest absolute Gasteiger partial charge is 0.407 e. The van der Waals surface area contributed by atoms with Crippen molar-refractivity contribution < 1.29 is 17.4 Å². The molecular formula is C19H21NO3. The van der Waals surface area contributed by atoms with E-state index in [1.165, 1.54) is 0 Å². The Morgan fingerprint density at radius 3 is 2.30 bits per heavy atom. The Bertz CT molecular complexity index is 728. The lowest BCUT2D eigenvalue weighted by Gasteiger charge is -2.17. The highest BCUT2D eigenvalue weighted by Crippen LogP contribution is 2.44. The van der Waals surface area contributed by atoms with Crippen LogP contribution in [-0.2, 0) is 4.74 Å². The quantitative estimate of drug-likeness (QED) is 0.890. The van der Waals surface area contributed by atoms with Crippen molar-refractivity contribution in [1.29, 1.82) is 0 Å². The van der Waals surface area contributed by atoms with E-state index < -0.39 is 18.7 Å². The van der Waals surface area contributed by atoms with Crippen molar-refractivity contribution >= 4 is 6.09 Å². The number of alkyl carbamates (subject to hydrolysis) is 1. The third kappa shape index (κ3) is 3.08. The molecule has 1 aliphatic rings. The van der Waals surface area contributed by atoms with E-state index in [9.17, 15) is 9.90 Å². The molecule has 0 saturated heterocycles.